The molecule has 0 atom stereocenters. The number of carbonyl (C=O) groups excluding carboxylic acids is 1. The summed E-state index contributed by atoms with van der Waals surface area (Å²) in [5.74, 6) is -2.45. The van der Waals surface area contributed by atoms with Crippen molar-refractivity contribution in [1.82, 2.24) is 0 Å². The number of halogens is 10. The van der Waals surface area contributed by atoms with Crippen molar-refractivity contribution in [1.29, 1.82) is 0 Å². The van der Waals surface area contributed by atoms with E-state index in [4.69, 9.17) is 34.8 Å². The average molecular weight is 453 g/mol. The van der Waals surface area contributed by atoms with Crippen LogP contribution in [0.1, 0.15) is 0 Å². The second-order valence-corrected chi connectivity index (χ2v) is 6.29. The molecule has 0 aliphatic rings. The van der Waals surface area contributed by atoms with Gasteiger partial charge in [0.25, 0.3) is 10.2 Å². The molecule has 1 aromatic rings. The molecule has 0 spiro atoms. The quantitative estimate of drug-likeness (QED) is 0.442. The molecule has 0 heterocycles. The summed E-state index contributed by atoms with van der Waals surface area (Å²) in [4.78, 5) is 11.6. The average Bonchev–Trinajstić information content (AvgIpc) is 2.29. The van der Waals surface area contributed by atoms with Crippen LogP contribution in [0, 0.1) is 0 Å². The van der Waals surface area contributed by atoms with Gasteiger partial charge in [-0.2, -0.15) is 26.3 Å². The van der Waals surface area contributed by atoms with Crippen molar-refractivity contribution in [2.75, 3.05) is 5.32 Å². The van der Waals surface area contributed by atoms with Crippen molar-refractivity contribution in [3.8, 4) is 0 Å². The van der Waals surface area contributed by atoms with E-state index in [1.54, 1.807) is 0 Å². The predicted octanol–water partition coefficient (Wildman–Crippen LogP) is 5.84. The highest BCUT2D eigenvalue weighted by atomic mass is 79.9. The van der Waals surface area contributed by atoms with E-state index in [1.165, 1.54) is 21.2 Å². The lowest BCUT2D eigenvalue weighted by Gasteiger charge is -2.30. The van der Waals surface area contributed by atoms with E-state index in [1.807, 2.05) is 0 Å². The van der Waals surface area contributed by atoms with E-state index in [0.29, 0.717) is 0 Å². The van der Waals surface area contributed by atoms with Crippen LogP contribution in [0.15, 0.2) is 12.1 Å². The molecule has 1 amide bonds. The first kappa shape index (κ1) is 19.7. The van der Waals surface area contributed by atoms with Crippen molar-refractivity contribution in [2.45, 2.75) is 16.7 Å². The van der Waals surface area contributed by atoms with Gasteiger partial charge in [-0.25, -0.2) is 0 Å². The largest absolute Gasteiger partial charge is 0.421 e. The molecule has 22 heavy (non-hydrogen) atoms. The van der Waals surface area contributed by atoms with E-state index >= 15 is 0 Å². The fraction of sp³-hybridized carbons (Fsp3) is 0.300. The molecule has 1 N–H and O–H groups in total. The van der Waals surface area contributed by atoms with Gasteiger partial charge in [-0.1, -0.05) is 50.7 Å². The normalized spacial score (nSPS) is 13.2. The van der Waals surface area contributed by atoms with Crippen molar-refractivity contribution in [3.05, 3.63) is 27.2 Å². The van der Waals surface area contributed by atoms with Crippen LogP contribution in [0.2, 0.25) is 15.1 Å². The number of rotatable bonds is 2. The molecule has 124 valence electrons. The Kier molecular flexibility index (Phi) is 5.59. The number of amides is 1. The summed E-state index contributed by atoms with van der Waals surface area (Å²) in [5.41, 5.74) is -0.630. The van der Waals surface area contributed by atoms with Crippen molar-refractivity contribution < 1.29 is 31.1 Å². The number of anilines is 1. The zero-order valence-corrected chi connectivity index (χ0v) is 13.7. The lowest BCUT2D eigenvalue weighted by atomic mass is 10.1. The maximum atomic E-state index is 12.7. The Labute approximate surface area is 142 Å². The van der Waals surface area contributed by atoms with E-state index in [0.717, 1.165) is 12.1 Å². The van der Waals surface area contributed by atoms with Gasteiger partial charge in [0.05, 0.1) is 15.7 Å². The number of hydrogen-bond acceptors (Lipinski definition) is 1. The molecule has 1 aromatic carbocycles. The van der Waals surface area contributed by atoms with E-state index in [9.17, 15) is 31.1 Å². The van der Waals surface area contributed by atoms with Crippen molar-refractivity contribution >= 4 is 62.3 Å². The molecule has 0 fully saturated rings. The van der Waals surface area contributed by atoms with Gasteiger partial charge < -0.3 is 5.32 Å². The van der Waals surface area contributed by atoms with Crippen LogP contribution < -0.4 is 5.32 Å². The highest BCUT2D eigenvalue weighted by Gasteiger charge is 2.74. The third-order valence-electron chi connectivity index (χ3n) is 2.34. The highest BCUT2D eigenvalue weighted by molar-refractivity contribution is 9.10. The number of nitrogens with one attached hydrogen (secondary N) is 1. The summed E-state index contributed by atoms with van der Waals surface area (Å²) in [6, 6.07) is 1.98. The van der Waals surface area contributed by atoms with Crippen LogP contribution in [-0.4, -0.2) is 22.6 Å². The SMILES string of the molecule is O=C(Nc1c(Cl)cc(Cl)cc1Cl)C(Br)(C(F)(F)F)C(F)(F)F. The first-order valence-electron chi connectivity index (χ1n) is 5.00. The molecule has 0 aromatic heterocycles. The number of benzene rings is 1. The molecule has 0 unspecified atom stereocenters. The molecule has 0 saturated carbocycles. The lowest BCUT2D eigenvalue weighted by molar-refractivity contribution is -0.253. The number of alkyl halides is 7. The minimum absolute atomic E-state index is 0.0234. The van der Waals surface area contributed by atoms with Gasteiger partial charge in [-0.3, -0.25) is 4.79 Å². The van der Waals surface area contributed by atoms with Crippen LogP contribution in [0.4, 0.5) is 32.0 Å². The first-order chi connectivity index (χ1) is 9.71. The van der Waals surface area contributed by atoms with Crippen molar-refractivity contribution in [3.63, 3.8) is 0 Å². The Hall–Kier alpha value is -0.380. The molecule has 12 heteroatoms. The maximum absolute atomic E-state index is 12.7. The summed E-state index contributed by atoms with van der Waals surface area (Å²) < 4.78 is 71.4. The second-order valence-electron chi connectivity index (χ2n) is 3.85. The summed E-state index contributed by atoms with van der Waals surface area (Å²) in [6.45, 7) is 0. The Morgan fingerprint density at radius 2 is 1.32 bits per heavy atom. The maximum Gasteiger partial charge on any atom is 0.421 e. The molecule has 0 radical (unpaired) electrons. The van der Waals surface area contributed by atoms with Gasteiger partial charge in [0.1, 0.15) is 0 Å². The molecule has 1 rings (SSSR count). The second kappa shape index (κ2) is 6.26. The van der Waals surface area contributed by atoms with Gasteiger partial charge in [0.2, 0.25) is 0 Å². The molecule has 0 bridgehead atoms. The van der Waals surface area contributed by atoms with Gasteiger partial charge in [-0.15, -0.1) is 0 Å². The minimum atomic E-state index is -5.96. The fourth-order valence-electron chi connectivity index (χ4n) is 1.28. The summed E-state index contributed by atoms with van der Waals surface area (Å²) in [5, 5.41) is 0.536. The van der Waals surface area contributed by atoms with Gasteiger partial charge in [0.15, 0.2) is 0 Å². The Balaban J connectivity index is 3.31. The zero-order valence-electron chi connectivity index (χ0n) is 9.84. The molecule has 0 aliphatic heterocycles. The van der Waals surface area contributed by atoms with Gasteiger partial charge in [-0.05, 0) is 12.1 Å². The molecular weight excluding hydrogens is 450 g/mol. The van der Waals surface area contributed by atoms with Crippen LogP contribution in [0.25, 0.3) is 0 Å². The fourth-order valence-corrected chi connectivity index (χ4v) is 2.29. The molecule has 2 nitrogen and oxygen atoms in total. The van der Waals surface area contributed by atoms with E-state index < -0.39 is 38.3 Å². The van der Waals surface area contributed by atoms with Crippen LogP contribution in [0.5, 0.6) is 0 Å². The monoisotopic (exact) mass is 451 g/mol. The number of carbonyl (C=O) groups is 1. The van der Waals surface area contributed by atoms with Gasteiger partial charge >= 0.3 is 12.4 Å². The third kappa shape index (κ3) is 3.58. The smallest absolute Gasteiger partial charge is 0.322 e. The Morgan fingerprint density at radius 3 is 1.64 bits per heavy atom. The van der Waals surface area contributed by atoms with Crippen LogP contribution in [-0.2, 0) is 4.79 Å². The third-order valence-corrected chi connectivity index (χ3v) is 4.41. The Morgan fingerprint density at radius 1 is 0.955 bits per heavy atom. The first-order valence-corrected chi connectivity index (χ1v) is 6.93. The standard InChI is InChI=1S/C10H3BrCl3F6NO/c11-8(9(15,16)17,10(18,19)20)7(22)21-6-4(13)1-3(12)2-5(6)14/h1-2H,(H,21,22). The Bertz CT molecular complexity index is 566. The van der Waals surface area contributed by atoms with Crippen molar-refractivity contribution in [2.24, 2.45) is 0 Å². The highest BCUT2D eigenvalue weighted by Crippen LogP contribution is 2.50. The topological polar surface area (TPSA) is 29.1 Å². The minimum Gasteiger partial charge on any atom is -0.322 e. The predicted molar refractivity (Wildman–Crippen MR) is 73.9 cm³/mol. The molecular formula is C10H3BrCl3F6NO. The van der Waals surface area contributed by atoms with Crippen LogP contribution in [0.3, 0.4) is 0 Å². The summed E-state index contributed by atoms with van der Waals surface area (Å²) >= 11 is 18.2. The summed E-state index contributed by atoms with van der Waals surface area (Å²) in [6.07, 6.45) is -11.9. The van der Waals surface area contributed by atoms with E-state index in [-0.39, 0.29) is 5.02 Å². The number of hydrogen-bond donors (Lipinski definition) is 1. The van der Waals surface area contributed by atoms with Crippen LogP contribution >= 0.6 is 50.7 Å². The molecule has 0 aliphatic carbocycles. The lowest BCUT2D eigenvalue weighted by Crippen LogP contribution is -2.59. The van der Waals surface area contributed by atoms with Gasteiger partial charge in [0, 0.05) is 5.02 Å². The summed E-state index contributed by atoms with van der Waals surface area (Å²) in [7, 11) is 0. The molecule has 0 saturated heterocycles. The zero-order chi connectivity index (χ0) is 17.5. The van der Waals surface area contributed by atoms with E-state index in [2.05, 4.69) is 0 Å².